The number of thiophene rings is 1. The number of anilines is 1. The van der Waals surface area contributed by atoms with Crippen molar-refractivity contribution in [2.45, 2.75) is 18.7 Å². The zero-order chi connectivity index (χ0) is 14.6. The van der Waals surface area contributed by atoms with E-state index in [-0.39, 0.29) is 11.6 Å². The monoisotopic (exact) mass is 320 g/mol. The van der Waals surface area contributed by atoms with Crippen molar-refractivity contribution < 1.29 is 17.9 Å². The van der Waals surface area contributed by atoms with Gasteiger partial charge in [-0.3, -0.25) is 4.72 Å². The third kappa shape index (κ3) is 4.12. The molecule has 0 amide bonds. The third-order valence-corrected chi connectivity index (χ3v) is 4.80. The molecule has 0 bridgehead atoms. The Labute approximate surface area is 119 Å². The van der Waals surface area contributed by atoms with Gasteiger partial charge >= 0.3 is 5.97 Å². The zero-order valence-corrected chi connectivity index (χ0v) is 13.0. The van der Waals surface area contributed by atoms with E-state index in [2.05, 4.69) is 4.72 Å². The Kier molecular flexibility index (Phi) is 5.22. The van der Waals surface area contributed by atoms with Gasteiger partial charge in [0.05, 0.1) is 17.8 Å². The first-order chi connectivity index (χ1) is 8.80. The van der Waals surface area contributed by atoms with Crippen LogP contribution in [0.25, 0.3) is 0 Å². The maximum absolute atomic E-state index is 11.7. The van der Waals surface area contributed by atoms with Crippen LogP contribution in [-0.4, -0.2) is 27.2 Å². The molecule has 0 unspecified atom stereocenters. The number of sulfonamides is 1. The lowest BCUT2D eigenvalue weighted by atomic mass is 10.3. The number of rotatable bonds is 5. The summed E-state index contributed by atoms with van der Waals surface area (Å²) in [6.07, 6.45) is 1.01. The molecule has 104 valence electrons. The summed E-state index contributed by atoms with van der Waals surface area (Å²) in [7, 11) is -3.47. The topological polar surface area (TPSA) is 96.3 Å². The van der Waals surface area contributed by atoms with Crippen molar-refractivity contribution >= 4 is 44.1 Å². The second-order valence-electron chi connectivity index (χ2n) is 3.50. The second kappa shape index (κ2) is 6.27. The molecule has 1 N–H and O–H groups in total. The molecule has 9 heteroatoms. The van der Waals surface area contributed by atoms with Crippen LogP contribution in [0.2, 0.25) is 0 Å². The molecule has 0 saturated carbocycles. The summed E-state index contributed by atoms with van der Waals surface area (Å²) in [6.45, 7) is 3.56. The highest BCUT2D eigenvalue weighted by molar-refractivity contribution is 8.04. The van der Waals surface area contributed by atoms with Crippen LogP contribution < -0.4 is 4.72 Å². The number of nitrogens with zero attached hydrogens (tertiary/aromatic N) is 1. The van der Waals surface area contributed by atoms with Crippen LogP contribution in [-0.2, 0) is 14.8 Å². The minimum atomic E-state index is -3.47. The van der Waals surface area contributed by atoms with Crippen LogP contribution >= 0.6 is 23.1 Å². The quantitative estimate of drug-likeness (QED) is 0.507. The van der Waals surface area contributed by atoms with E-state index in [1.165, 1.54) is 0 Å². The summed E-state index contributed by atoms with van der Waals surface area (Å²) < 4.78 is 29.7. The molecule has 1 aromatic heterocycles. The van der Waals surface area contributed by atoms with E-state index in [1.807, 2.05) is 5.40 Å². The largest absolute Gasteiger partial charge is 0.462 e. The van der Waals surface area contributed by atoms with Gasteiger partial charge in [-0.1, -0.05) is 0 Å². The maximum Gasteiger partial charge on any atom is 0.348 e. The minimum Gasteiger partial charge on any atom is -0.462 e. The first kappa shape index (κ1) is 15.8. The molecule has 0 atom stereocenters. The number of hydrogen-bond acceptors (Lipinski definition) is 7. The molecule has 1 aromatic rings. The fourth-order valence-electron chi connectivity index (χ4n) is 1.29. The predicted molar refractivity (Wildman–Crippen MR) is 74.9 cm³/mol. The second-order valence-corrected chi connectivity index (χ2v) is 7.07. The van der Waals surface area contributed by atoms with Gasteiger partial charge in [-0.15, -0.1) is 11.3 Å². The Hall–Kier alpha value is -1.24. The standard InChI is InChI=1S/C10H12N2O4S3/c1-4-16-10(13)8-6(2)7(17-5-11)9(18-8)12-19(3,14)15/h12H,4H2,1-3H3. The number of esters is 1. The van der Waals surface area contributed by atoms with E-state index in [0.29, 0.717) is 15.3 Å². The fraction of sp³-hybridized carbons (Fsp3) is 0.400. The molecule has 1 heterocycles. The highest BCUT2D eigenvalue weighted by atomic mass is 32.2. The van der Waals surface area contributed by atoms with Crippen LogP contribution in [0, 0.1) is 17.6 Å². The number of hydrogen-bond donors (Lipinski definition) is 1. The number of nitrogens with one attached hydrogen (secondary N) is 1. The zero-order valence-electron chi connectivity index (χ0n) is 10.5. The van der Waals surface area contributed by atoms with Gasteiger partial charge in [0.25, 0.3) is 0 Å². The number of ether oxygens (including phenoxy) is 1. The normalized spacial score (nSPS) is 10.8. The summed E-state index contributed by atoms with van der Waals surface area (Å²) in [5.74, 6) is -0.522. The van der Waals surface area contributed by atoms with Crippen molar-refractivity contribution in [3.63, 3.8) is 0 Å². The summed E-state index contributed by atoms with van der Waals surface area (Å²) in [6, 6.07) is 0. The maximum atomic E-state index is 11.7. The van der Waals surface area contributed by atoms with Gasteiger partial charge in [-0.25, -0.2) is 13.2 Å². The molecule has 0 aliphatic rings. The Morgan fingerprint density at radius 1 is 1.58 bits per heavy atom. The number of carbonyl (C=O) groups excluding carboxylic acids is 1. The number of nitriles is 1. The van der Waals surface area contributed by atoms with Gasteiger partial charge in [-0.05, 0) is 31.2 Å². The molecule has 0 radical (unpaired) electrons. The Bertz CT molecular complexity index is 628. The van der Waals surface area contributed by atoms with E-state index in [9.17, 15) is 13.2 Å². The number of thiocyanates is 1. The lowest BCUT2D eigenvalue weighted by Gasteiger charge is -2.01. The van der Waals surface area contributed by atoms with Crippen LogP contribution in [0.5, 0.6) is 0 Å². The van der Waals surface area contributed by atoms with Gasteiger partial charge in [0.1, 0.15) is 15.3 Å². The summed E-state index contributed by atoms with van der Waals surface area (Å²) in [5, 5.41) is 10.9. The molecule has 0 saturated heterocycles. The van der Waals surface area contributed by atoms with Crippen LogP contribution in [0.4, 0.5) is 5.00 Å². The van der Waals surface area contributed by atoms with Gasteiger partial charge in [0.15, 0.2) is 0 Å². The van der Waals surface area contributed by atoms with Gasteiger partial charge in [-0.2, -0.15) is 5.26 Å². The summed E-state index contributed by atoms with van der Waals surface area (Å²) in [5.41, 5.74) is 0.543. The lowest BCUT2D eigenvalue weighted by Crippen LogP contribution is -2.08. The molecule has 0 aliphatic carbocycles. The van der Waals surface area contributed by atoms with E-state index >= 15 is 0 Å². The van der Waals surface area contributed by atoms with Gasteiger partial charge in [0, 0.05) is 0 Å². The van der Waals surface area contributed by atoms with Crippen LogP contribution in [0.15, 0.2) is 4.90 Å². The molecular weight excluding hydrogens is 308 g/mol. The lowest BCUT2D eigenvalue weighted by molar-refractivity contribution is 0.0531. The summed E-state index contributed by atoms with van der Waals surface area (Å²) >= 11 is 1.77. The highest BCUT2D eigenvalue weighted by Gasteiger charge is 2.23. The van der Waals surface area contributed by atoms with Crippen molar-refractivity contribution in [1.82, 2.24) is 0 Å². The number of carbonyl (C=O) groups is 1. The van der Waals surface area contributed by atoms with Crippen molar-refractivity contribution in [2.75, 3.05) is 17.6 Å². The van der Waals surface area contributed by atoms with E-state index in [4.69, 9.17) is 10.00 Å². The third-order valence-electron chi connectivity index (χ3n) is 1.98. The van der Waals surface area contributed by atoms with Gasteiger partial charge in [0.2, 0.25) is 10.0 Å². The van der Waals surface area contributed by atoms with Gasteiger partial charge < -0.3 is 4.74 Å². The average Bonchev–Trinajstić information content (AvgIpc) is 2.56. The van der Waals surface area contributed by atoms with E-state index in [0.717, 1.165) is 29.4 Å². The van der Waals surface area contributed by atoms with Crippen LogP contribution in [0.1, 0.15) is 22.2 Å². The number of thioether (sulfide) groups is 1. The molecule has 6 nitrogen and oxygen atoms in total. The molecule has 0 spiro atoms. The SMILES string of the molecule is CCOC(=O)c1sc(NS(C)(=O)=O)c(SC#N)c1C. The van der Waals surface area contributed by atoms with E-state index < -0.39 is 16.0 Å². The molecule has 0 aromatic carbocycles. The molecule has 1 rings (SSSR count). The fourth-order valence-corrected chi connectivity index (χ4v) is 4.07. The summed E-state index contributed by atoms with van der Waals surface area (Å²) in [4.78, 5) is 12.4. The first-order valence-corrected chi connectivity index (χ1v) is 8.66. The van der Waals surface area contributed by atoms with Crippen molar-refractivity contribution in [2.24, 2.45) is 0 Å². The smallest absolute Gasteiger partial charge is 0.348 e. The molecule has 0 aliphatic heterocycles. The van der Waals surface area contributed by atoms with Crippen molar-refractivity contribution in [3.8, 4) is 5.40 Å². The molecular formula is C10H12N2O4S3. The Balaban J connectivity index is 3.27. The van der Waals surface area contributed by atoms with E-state index in [1.54, 1.807) is 13.8 Å². The van der Waals surface area contributed by atoms with Crippen molar-refractivity contribution in [3.05, 3.63) is 10.4 Å². The van der Waals surface area contributed by atoms with Crippen molar-refractivity contribution in [1.29, 1.82) is 5.26 Å². The predicted octanol–water partition coefficient (Wildman–Crippen LogP) is 2.18. The molecule has 19 heavy (non-hydrogen) atoms. The first-order valence-electron chi connectivity index (χ1n) is 5.14. The Morgan fingerprint density at radius 2 is 2.21 bits per heavy atom. The Morgan fingerprint density at radius 3 is 2.68 bits per heavy atom. The minimum absolute atomic E-state index is 0.228. The highest BCUT2D eigenvalue weighted by Crippen LogP contribution is 2.40. The average molecular weight is 320 g/mol. The molecule has 0 fully saturated rings. The van der Waals surface area contributed by atoms with Crippen LogP contribution in [0.3, 0.4) is 0 Å².